The Balaban J connectivity index is 1.90. The van der Waals surface area contributed by atoms with Crippen LogP contribution in [0.2, 0.25) is 0 Å². The molecule has 1 aliphatic heterocycles. The molecule has 1 saturated carbocycles. The molecule has 1 aromatic rings. The van der Waals surface area contributed by atoms with E-state index in [2.05, 4.69) is 15.5 Å². The number of aromatic nitrogens is 1. The largest absolute Gasteiger partial charge is 0.362 e. The summed E-state index contributed by atoms with van der Waals surface area (Å²) in [6.45, 7) is 0. The van der Waals surface area contributed by atoms with Gasteiger partial charge in [0, 0.05) is 17.8 Å². The standard InChI is InChI=1S/C13H15N3O/c17-13-11(8-10-6-3-7-14-10)12(15-16-13)9-4-1-2-5-9/h3,6-9,14H,1-2,4-5H2,(H,16,17). The molecular weight excluding hydrogens is 214 g/mol. The molecular formula is C13H15N3O. The fourth-order valence-corrected chi connectivity index (χ4v) is 2.59. The number of H-pyrrole nitrogens is 1. The Morgan fingerprint density at radius 2 is 2.18 bits per heavy atom. The third-order valence-electron chi connectivity index (χ3n) is 3.46. The normalized spacial score (nSPS) is 23.2. The van der Waals surface area contributed by atoms with E-state index in [0.29, 0.717) is 5.92 Å². The van der Waals surface area contributed by atoms with E-state index in [4.69, 9.17) is 0 Å². The molecule has 0 aromatic carbocycles. The molecule has 2 heterocycles. The van der Waals surface area contributed by atoms with E-state index in [-0.39, 0.29) is 5.91 Å². The molecule has 4 heteroatoms. The molecule has 1 aliphatic carbocycles. The molecule has 1 fully saturated rings. The van der Waals surface area contributed by atoms with Gasteiger partial charge in [0.05, 0.1) is 11.3 Å². The van der Waals surface area contributed by atoms with Gasteiger partial charge in [-0.1, -0.05) is 12.8 Å². The lowest BCUT2D eigenvalue weighted by atomic mass is 9.95. The molecule has 4 nitrogen and oxygen atoms in total. The Bertz CT molecular complexity index is 479. The summed E-state index contributed by atoms with van der Waals surface area (Å²) in [6, 6.07) is 3.87. The van der Waals surface area contributed by atoms with Gasteiger partial charge in [-0.25, -0.2) is 5.43 Å². The lowest BCUT2D eigenvalue weighted by Crippen LogP contribution is -2.16. The van der Waals surface area contributed by atoms with Crippen LogP contribution in [0.1, 0.15) is 31.4 Å². The maximum Gasteiger partial charge on any atom is 0.273 e. The number of hydrogen-bond donors (Lipinski definition) is 2. The summed E-state index contributed by atoms with van der Waals surface area (Å²) in [5, 5.41) is 4.20. The molecule has 0 saturated heterocycles. The molecule has 0 unspecified atom stereocenters. The van der Waals surface area contributed by atoms with Crippen LogP contribution < -0.4 is 5.43 Å². The van der Waals surface area contributed by atoms with Crippen LogP contribution in [0.4, 0.5) is 0 Å². The maximum atomic E-state index is 11.8. The Morgan fingerprint density at radius 1 is 1.35 bits per heavy atom. The van der Waals surface area contributed by atoms with E-state index < -0.39 is 0 Å². The van der Waals surface area contributed by atoms with Crippen molar-refractivity contribution in [2.75, 3.05) is 0 Å². The predicted octanol–water partition coefficient (Wildman–Crippen LogP) is 2.07. The zero-order valence-corrected chi connectivity index (χ0v) is 9.57. The Labute approximate surface area is 99.8 Å². The summed E-state index contributed by atoms with van der Waals surface area (Å²) < 4.78 is 0. The summed E-state index contributed by atoms with van der Waals surface area (Å²) in [5.41, 5.74) is 5.19. The summed E-state index contributed by atoms with van der Waals surface area (Å²) in [4.78, 5) is 14.8. The zero-order valence-electron chi connectivity index (χ0n) is 9.57. The van der Waals surface area contributed by atoms with Crippen LogP contribution >= 0.6 is 0 Å². The van der Waals surface area contributed by atoms with Crippen molar-refractivity contribution in [1.29, 1.82) is 0 Å². The minimum absolute atomic E-state index is 0.0819. The SMILES string of the molecule is O=C1NN=C(C2CCCC2)C1=Cc1ccc[nH]1. The van der Waals surface area contributed by atoms with Crippen LogP contribution in [0.25, 0.3) is 6.08 Å². The van der Waals surface area contributed by atoms with Crippen LogP contribution in [0.15, 0.2) is 29.0 Å². The average Bonchev–Trinajstić information content (AvgIpc) is 3.03. The first-order valence-corrected chi connectivity index (χ1v) is 6.08. The number of hydrogen-bond acceptors (Lipinski definition) is 2. The molecule has 1 amide bonds. The monoisotopic (exact) mass is 229 g/mol. The molecule has 2 N–H and O–H groups in total. The van der Waals surface area contributed by atoms with Crippen molar-refractivity contribution in [2.45, 2.75) is 25.7 Å². The second kappa shape index (κ2) is 4.20. The van der Waals surface area contributed by atoms with Crippen molar-refractivity contribution >= 4 is 17.7 Å². The smallest absolute Gasteiger partial charge is 0.273 e. The van der Waals surface area contributed by atoms with Crippen molar-refractivity contribution in [1.82, 2.24) is 10.4 Å². The van der Waals surface area contributed by atoms with Crippen LogP contribution in [-0.2, 0) is 4.79 Å². The highest BCUT2D eigenvalue weighted by Gasteiger charge is 2.30. The Hall–Kier alpha value is -1.84. The molecule has 0 radical (unpaired) electrons. The Kier molecular flexibility index (Phi) is 2.55. The summed E-state index contributed by atoms with van der Waals surface area (Å²) in [6.07, 6.45) is 8.53. The van der Waals surface area contributed by atoms with Crippen molar-refractivity contribution in [3.05, 3.63) is 29.6 Å². The lowest BCUT2D eigenvalue weighted by molar-refractivity contribution is -0.116. The summed E-state index contributed by atoms with van der Waals surface area (Å²) in [7, 11) is 0. The average molecular weight is 229 g/mol. The minimum atomic E-state index is -0.0819. The number of carbonyl (C=O) groups excluding carboxylic acids is 1. The topological polar surface area (TPSA) is 57.2 Å². The van der Waals surface area contributed by atoms with Gasteiger partial charge in [0.2, 0.25) is 0 Å². The molecule has 1 aromatic heterocycles. The highest BCUT2D eigenvalue weighted by Crippen LogP contribution is 2.30. The predicted molar refractivity (Wildman–Crippen MR) is 66.3 cm³/mol. The van der Waals surface area contributed by atoms with E-state index in [9.17, 15) is 4.79 Å². The molecule has 3 rings (SSSR count). The van der Waals surface area contributed by atoms with Crippen molar-refractivity contribution in [3.8, 4) is 0 Å². The lowest BCUT2D eigenvalue weighted by Gasteiger charge is -2.08. The van der Waals surface area contributed by atoms with Gasteiger partial charge in [-0.2, -0.15) is 5.10 Å². The van der Waals surface area contributed by atoms with E-state index in [1.54, 1.807) is 0 Å². The van der Waals surface area contributed by atoms with Gasteiger partial charge in [-0.05, 0) is 31.1 Å². The summed E-state index contributed by atoms with van der Waals surface area (Å²) in [5.74, 6) is 0.372. The first kappa shape index (κ1) is 10.3. The van der Waals surface area contributed by atoms with Gasteiger partial charge >= 0.3 is 0 Å². The molecule has 17 heavy (non-hydrogen) atoms. The van der Waals surface area contributed by atoms with Crippen molar-refractivity contribution in [2.24, 2.45) is 11.0 Å². The number of hydrazone groups is 1. The second-order valence-corrected chi connectivity index (χ2v) is 4.60. The van der Waals surface area contributed by atoms with Crippen molar-refractivity contribution < 1.29 is 4.79 Å². The van der Waals surface area contributed by atoms with Gasteiger partial charge in [0.25, 0.3) is 5.91 Å². The van der Waals surface area contributed by atoms with Crippen LogP contribution in [0.5, 0.6) is 0 Å². The van der Waals surface area contributed by atoms with Gasteiger partial charge < -0.3 is 4.98 Å². The van der Waals surface area contributed by atoms with Crippen LogP contribution in [0, 0.1) is 5.92 Å². The fourth-order valence-electron chi connectivity index (χ4n) is 2.59. The third kappa shape index (κ3) is 1.90. The maximum absolute atomic E-state index is 11.8. The van der Waals surface area contributed by atoms with Gasteiger partial charge in [0.15, 0.2) is 0 Å². The van der Waals surface area contributed by atoms with Crippen LogP contribution in [0.3, 0.4) is 0 Å². The third-order valence-corrected chi connectivity index (χ3v) is 3.46. The van der Waals surface area contributed by atoms with Gasteiger partial charge in [-0.15, -0.1) is 0 Å². The molecule has 0 bridgehead atoms. The van der Waals surface area contributed by atoms with Crippen LogP contribution in [-0.4, -0.2) is 16.6 Å². The van der Waals surface area contributed by atoms with E-state index in [1.165, 1.54) is 12.8 Å². The first-order chi connectivity index (χ1) is 8.34. The highest BCUT2D eigenvalue weighted by atomic mass is 16.2. The minimum Gasteiger partial charge on any atom is -0.362 e. The zero-order chi connectivity index (χ0) is 11.7. The first-order valence-electron chi connectivity index (χ1n) is 6.08. The highest BCUT2D eigenvalue weighted by molar-refractivity contribution is 6.28. The fraction of sp³-hybridized carbons (Fsp3) is 0.385. The quantitative estimate of drug-likeness (QED) is 0.749. The number of carbonyl (C=O) groups is 1. The molecule has 0 atom stereocenters. The number of nitrogens with zero attached hydrogens (tertiary/aromatic N) is 1. The number of amides is 1. The van der Waals surface area contributed by atoms with Crippen molar-refractivity contribution in [3.63, 3.8) is 0 Å². The number of aromatic amines is 1. The second-order valence-electron chi connectivity index (χ2n) is 4.60. The van der Waals surface area contributed by atoms with E-state index in [0.717, 1.165) is 29.8 Å². The van der Waals surface area contributed by atoms with E-state index in [1.807, 2.05) is 24.4 Å². The molecule has 0 spiro atoms. The molecule has 88 valence electrons. The Morgan fingerprint density at radius 3 is 2.88 bits per heavy atom. The number of rotatable bonds is 2. The number of nitrogens with one attached hydrogen (secondary N) is 2. The summed E-state index contributed by atoms with van der Waals surface area (Å²) >= 11 is 0. The molecule has 2 aliphatic rings. The van der Waals surface area contributed by atoms with Gasteiger partial charge in [-0.3, -0.25) is 4.79 Å². The van der Waals surface area contributed by atoms with E-state index >= 15 is 0 Å². The van der Waals surface area contributed by atoms with Gasteiger partial charge in [0.1, 0.15) is 0 Å².